The molecule has 0 N–H and O–H groups in total. The Kier molecular flexibility index (Phi) is 8.38. The molecule has 4 heteroatoms. The molecule has 0 saturated heterocycles. The molecule has 0 heterocycles. The Hall–Kier alpha value is 0.0938. The molecule has 0 bridgehead atoms. The molecule has 0 spiro atoms. The van der Waals surface area contributed by atoms with E-state index in [0.717, 1.165) is 0 Å². The molecule has 0 nitrogen and oxygen atoms in total. The molecule has 0 amide bonds. The minimum atomic E-state index is -1.68. The summed E-state index contributed by atoms with van der Waals surface area (Å²) in [5.41, 5.74) is 6.90. The molecule has 0 aromatic heterocycles. The normalized spacial score (nSPS) is 26.6. The summed E-state index contributed by atoms with van der Waals surface area (Å²) < 4.78 is 0.152. The Labute approximate surface area is 236 Å². The van der Waals surface area contributed by atoms with Gasteiger partial charge in [0.15, 0.2) is 0 Å². The lowest BCUT2D eigenvalue weighted by Gasteiger charge is -2.50. The van der Waals surface area contributed by atoms with E-state index >= 15 is 0 Å². The highest BCUT2D eigenvalue weighted by Crippen LogP contribution is 2.65. The average Bonchev–Trinajstić information content (AvgIpc) is 3.19. The molecule has 206 valence electrons. The van der Waals surface area contributed by atoms with Crippen molar-refractivity contribution in [3.63, 3.8) is 0 Å². The van der Waals surface area contributed by atoms with Crippen LogP contribution < -0.4 is 0 Å². The third-order valence-corrected chi connectivity index (χ3v) is 21.6. The lowest BCUT2D eigenvalue weighted by molar-refractivity contribution is 0.487. The Balaban J connectivity index is 2.82. The van der Waals surface area contributed by atoms with Gasteiger partial charge in [0.2, 0.25) is 0 Å². The van der Waals surface area contributed by atoms with Gasteiger partial charge in [0.05, 0.1) is 24.9 Å². The van der Waals surface area contributed by atoms with Crippen molar-refractivity contribution in [2.45, 2.75) is 131 Å². The summed E-state index contributed by atoms with van der Waals surface area (Å²) in [6, 6.07) is 0. The number of allylic oxidation sites excluding steroid dienone is 4. The first kappa shape index (κ1) is 32.3. The molecule has 0 radical (unpaired) electrons. The molecule has 2 atom stereocenters. The molecular formula is C32H58S2Si2. The molecule has 0 aromatic carbocycles. The van der Waals surface area contributed by atoms with Crippen molar-refractivity contribution >= 4 is 37.7 Å². The standard InChI is InChI=1S/C32H58S2Si2/c1-27(2,3)23-19-25(29(7,8)9)31(21-23,35(13,14)15)33-34-32(36(16,17)18)22-24(28(4,5)6)20-26(32)30(10,11)12/h19-22H,1-18H3/t31-,32-/m0/s1. The summed E-state index contributed by atoms with van der Waals surface area (Å²) in [6.07, 6.45) is 10.6. The molecule has 2 rings (SSSR count). The molecule has 36 heavy (non-hydrogen) atoms. The van der Waals surface area contributed by atoms with Gasteiger partial charge in [0.25, 0.3) is 0 Å². The van der Waals surface area contributed by atoms with Gasteiger partial charge in [0.1, 0.15) is 0 Å². The predicted octanol–water partition coefficient (Wildman–Crippen LogP) is 11.5. The highest BCUT2D eigenvalue weighted by Gasteiger charge is 2.57. The molecule has 2 aliphatic rings. The van der Waals surface area contributed by atoms with Gasteiger partial charge in [-0.2, -0.15) is 0 Å². The molecule has 0 fully saturated rings. The second kappa shape index (κ2) is 9.34. The fraction of sp³-hybridized carbons (Fsp3) is 0.750. The van der Waals surface area contributed by atoms with Gasteiger partial charge >= 0.3 is 0 Å². The lowest BCUT2D eigenvalue weighted by atomic mass is 9.83. The maximum Gasteiger partial charge on any atom is 0.0738 e. The van der Waals surface area contributed by atoms with E-state index in [1.54, 1.807) is 11.1 Å². The maximum absolute atomic E-state index is 2.72. The second-order valence-electron chi connectivity index (χ2n) is 17.5. The fourth-order valence-electron chi connectivity index (χ4n) is 5.38. The van der Waals surface area contributed by atoms with Crippen LogP contribution in [-0.4, -0.2) is 24.9 Å². The van der Waals surface area contributed by atoms with Gasteiger partial charge in [-0.15, -0.1) is 0 Å². The molecular weight excluding hydrogens is 505 g/mol. The quantitative estimate of drug-likeness (QED) is 0.241. The van der Waals surface area contributed by atoms with Crippen molar-refractivity contribution < 1.29 is 0 Å². The van der Waals surface area contributed by atoms with Crippen LogP contribution in [0.4, 0.5) is 0 Å². The van der Waals surface area contributed by atoms with Gasteiger partial charge in [-0.1, -0.05) is 168 Å². The summed E-state index contributed by atoms with van der Waals surface area (Å²) in [7, 11) is 1.10. The largest absolute Gasteiger partial charge is 0.0811 e. The molecule has 0 unspecified atom stereocenters. The average molecular weight is 563 g/mol. The van der Waals surface area contributed by atoms with E-state index in [1.807, 2.05) is 0 Å². The summed E-state index contributed by atoms with van der Waals surface area (Å²) in [6.45, 7) is 44.4. The Morgan fingerprint density at radius 2 is 0.722 bits per heavy atom. The van der Waals surface area contributed by atoms with Gasteiger partial charge in [-0.25, -0.2) is 0 Å². The highest BCUT2D eigenvalue weighted by atomic mass is 33.1. The topological polar surface area (TPSA) is 0 Å². The van der Waals surface area contributed by atoms with Crippen molar-refractivity contribution in [1.82, 2.24) is 0 Å². The highest BCUT2D eigenvalue weighted by molar-refractivity contribution is 8.78. The zero-order valence-corrected chi connectivity index (χ0v) is 30.8. The minimum absolute atomic E-state index is 0.0759. The molecule has 2 aliphatic carbocycles. The predicted molar refractivity (Wildman–Crippen MR) is 177 cm³/mol. The lowest BCUT2D eigenvalue weighted by Crippen LogP contribution is -2.54. The number of hydrogen-bond acceptors (Lipinski definition) is 2. The van der Waals surface area contributed by atoms with E-state index in [4.69, 9.17) is 0 Å². The van der Waals surface area contributed by atoms with Crippen LogP contribution in [0, 0.1) is 21.7 Å². The van der Waals surface area contributed by atoms with E-state index in [1.165, 1.54) is 11.1 Å². The van der Waals surface area contributed by atoms with E-state index in [0.29, 0.717) is 0 Å². The zero-order chi connectivity index (χ0) is 28.6. The van der Waals surface area contributed by atoms with E-state index in [2.05, 4.69) is 168 Å². The summed E-state index contributed by atoms with van der Waals surface area (Å²) in [5.74, 6) is 0. The van der Waals surface area contributed by atoms with Crippen LogP contribution in [0.5, 0.6) is 0 Å². The van der Waals surface area contributed by atoms with Crippen LogP contribution in [0.2, 0.25) is 39.3 Å². The van der Waals surface area contributed by atoms with Gasteiger partial charge in [0, 0.05) is 0 Å². The van der Waals surface area contributed by atoms with Crippen LogP contribution in [-0.2, 0) is 0 Å². The maximum atomic E-state index is 2.72. The second-order valence-corrected chi connectivity index (χ2v) is 31.4. The fourth-order valence-corrected chi connectivity index (χ4v) is 19.5. The van der Waals surface area contributed by atoms with Crippen LogP contribution in [0.1, 0.15) is 83.1 Å². The number of hydrogen-bond donors (Lipinski definition) is 0. The molecule has 0 aromatic rings. The van der Waals surface area contributed by atoms with Gasteiger partial charge < -0.3 is 0 Å². The smallest absolute Gasteiger partial charge is 0.0738 e. The van der Waals surface area contributed by atoms with Crippen LogP contribution >= 0.6 is 21.6 Å². The SMILES string of the molecule is CC(C)(C)C1=C[C@](SS[C@]2([Si](C)(C)C)C=C(C(C)(C)C)C=C2C(C)(C)C)([Si](C)(C)C)C(C(C)(C)C)=C1. The van der Waals surface area contributed by atoms with Crippen LogP contribution in [0.25, 0.3) is 0 Å². The first-order chi connectivity index (χ1) is 15.6. The first-order valence-electron chi connectivity index (χ1n) is 13.9. The third-order valence-electron chi connectivity index (χ3n) is 8.00. The van der Waals surface area contributed by atoms with E-state index in [9.17, 15) is 0 Å². The Morgan fingerprint density at radius 3 is 0.889 bits per heavy atom. The van der Waals surface area contributed by atoms with Crippen molar-refractivity contribution in [2.24, 2.45) is 21.7 Å². The zero-order valence-electron chi connectivity index (χ0n) is 27.1. The van der Waals surface area contributed by atoms with E-state index in [-0.39, 0.29) is 30.4 Å². The summed E-state index contributed by atoms with van der Waals surface area (Å²) in [4.78, 5) is 0. The monoisotopic (exact) mass is 562 g/mol. The molecule has 0 aliphatic heterocycles. The van der Waals surface area contributed by atoms with Crippen molar-refractivity contribution in [2.75, 3.05) is 0 Å². The third kappa shape index (κ3) is 5.97. The van der Waals surface area contributed by atoms with Gasteiger partial charge in [-0.3, -0.25) is 0 Å². The summed E-state index contributed by atoms with van der Waals surface area (Å²) >= 11 is 0. The number of rotatable bonds is 5. The summed E-state index contributed by atoms with van der Waals surface area (Å²) in [5, 5.41) is 0. The van der Waals surface area contributed by atoms with Crippen molar-refractivity contribution in [1.29, 1.82) is 0 Å². The Morgan fingerprint density at radius 1 is 0.472 bits per heavy atom. The minimum Gasteiger partial charge on any atom is -0.0811 e. The van der Waals surface area contributed by atoms with E-state index < -0.39 is 16.1 Å². The van der Waals surface area contributed by atoms with Gasteiger partial charge in [-0.05, 0) is 44.0 Å². The van der Waals surface area contributed by atoms with Crippen LogP contribution in [0.15, 0.2) is 46.6 Å². The first-order valence-corrected chi connectivity index (χ1v) is 23.0. The van der Waals surface area contributed by atoms with Crippen LogP contribution in [0.3, 0.4) is 0 Å². The molecule has 0 saturated carbocycles. The van der Waals surface area contributed by atoms with Crippen molar-refractivity contribution in [3.05, 3.63) is 46.6 Å². The Bertz CT molecular complexity index is 902. The van der Waals surface area contributed by atoms with Crippen molar-refractivity contribution in [3.8, 4) is 0 Å².